The second-order valence-electron chi connectivity index (χ2n) is 4.66. The van der Waals surface area contributed by atoms with Crippen molar-refractivity contribution < 1.29 is 9.53 Å². The summed E-state index contributed by atoms with van der Waals surface area (Å²) in [5.74, 6) is 0.574. The summed E-state index contributed by atoms with van der Waals surface area (Å²) in [5.41, 5.74) is 3.19. The summed E-state index contributed by atoms with van der Waals surface area (Å²) in [6.07, 6.45) is -0.382. The van der Waals surface area contributed by atoms with Crippen LogP contribution in [0.2, 0.25) is 5.02 Å². The van der Waals surface area contributed by atoms with Gasteiger partial charge in [0.05, 0.1) is 0 Å². The molecular formula is C16H13ClO2S. The number of rotatable bonds is 1. The molecule has 20 heavy (non-hydrogen) atoms. The molecule has 0 amide bonds. The van der Waals surface area contributed by atoms with Gasteiger partial charge in [0.2, 0.25) is 0 Å². The first-order valence-corrected chi connectivity index (χ1v) is 7.69. The first kappa shape index (κ1) is 13.5. The molecule has 3 rings (SSSR count). The van der Waals surface area contributed by atoms with Crippen LogP contribution in [0.1, 0.15) is 29.7 Å². The number of esters is 1. The Hall–Kier alpha value is -1.45. The van der Waals surface area contributed by atoms with Crippen molar-refractivity contribution in [2.75, 3.05) is 0 Å². The molecule has 1 atom stereocenters. The highest BCUT2D eigenvalue weighted by atomic mass is 35.5. The van der Waals surface area contributed by atoms with Crippen LogP contribution in [-0.4, -0.2) is 5.97 Å². The highest BCUT2D eigenvalue weighted by Crippen LogP contribution is 2.42. The molecule has 1 heterocycles. The Morgan fingerprint density at radius 3 is 2.85 bits per heavy atom. The van der Waals surface area contributed by atoms with Crippen LogP contribution < -0.4 is 0 Å². The zero-order chi connectivity index (χ0) is 14.1. The van der Waals surface area contributed by atoms with Gasteiger partial charge in [-0.3, -0.25) is 4.79 Å². The molecular weight excluding hydrogens is 292 g/mol. The summed E-state index contributed by atoms with van der Waals surface area (Å²) < 4.78 is 5.57. The first-order chi connectivity index (χ1) is 9.65. The second-order valence-corrected chi connectivity index (χ2v) is 6.11. The molecule has 4 heteroatoms. The fourth-order valence-corrected chi connectivity index (χ4v) is 3.64. The molecule has 102 valence electrons. The quantitative estimate of drug-likeness (QED) is 0.720. The third kappa shape index (κ3) is 2.56. The van der Waals surface area contributed by atoms with E-state index in [2.05, 4.69) is 6.07 Å². The molecule has 2 aromatic carbocycles. The van der Waals surface area contributed by atoms with Gasteiger partial charge in [-0.2, -0.15) is 0 Å². The lowest BCUT2D eigenvalue weighted by Crippen LogP contribution is -2.11. The molecule has 0 aliphatic carbocycles. The van der Waals surface area contributed by atoms with Crippen molar-refractivity contribution in [1.29, 1.82) is 0 Å². The molecule has 2 nitrogen and oxygen atoms in total. The van der Waals surface area contributed by atoms with Crippen molar-refractivity contribution in [2.24, 2.45) is 0 Å². The Bertz CT molecular complexity index is 669. The van der Waals surface area contributed by atoms with Crippen molar-refractivity contribution in [2.45, 2.75) is 23.7 Å². The zero-order valence-corrected chi connectivity index (χ0v) is 12.5. The third-order valence-corrected chi connectivity index (χ3v) is 4.63. The van der Waals surface area contributed by atoms with E-state index in [1.54, 1.807) is 11.8 Å². The van der Waals surface area contributed by atoms with Gasteiger partial charge in [0, 0.05) is 33.7 Å². The highest BCUT2D eigenvalue weighted by Gasteiger charge is 2.26. The summed E-state index contributed by atoms with van der Waals surface area (Å²) in [5, 5.41) is 0.654. The standard InChI is InChI=1S/C16H13ClO2S/c1-10(18)19-16-13-5-3-2-4-11(13)9-20-15-7-6-12(17)8-14(15)16/h2-8,16H,9H2,1H3. The number of hydrogen-bond donors (Lipinski definition) is 0. The Balaban J connectivity index is 2.18. The SMILES string of the molecule is CC(=O)OC1c2ccccc2CSc2ccc(Cl)cc21. The Morgan fingerprint density at radius 1 is 1.25 bits per heavy atom. The zero-order valence-electron chi connectivity index (χ0n) is 10.9. The van der Waals surface area contributed by atoms with E-state index in [0.29, 0.717) is 5.02 Å². The van der Waals surface area contributed by atoms with Crippen LogP contribution in [0.3, 0.4) is 0 Å². The fourth-order valence-electron chi connectivity index (χ4n) is 2.39. The van der Waals surface area contributed by atoms with E-state index in [0.717, 1.165) is 21.8 Å². The maximum Gasteiger partial charge on any atom is 0.303 e. The monoisotopic (exact) mass is 304 g/mol. The van der Waals surface area contributed by atoms with E-state index in [1.807, 2.05) is 36.4 Å². The molecule has 0 aromatic heterocycles. The topological polar surface area (TPSA) is 26.3 Å². The molecule has 0 radical (unpaired) electrons. The Kier molecular flexibility index (Phi) is 3.72. The molecule has 0 fully saturated rings. The lowest BCUT2D eigenvalue weighted by Gasteiger charge is -2.19. The van der Waals surface area contributed by atoms with E-state index in [-0.39, 0.29) is 12.1 Å². The predicted molar refractivity (Wildman–Crippen MR) is 81.1 cm³/mol. The van der Waals surface area contributed by atoms with Gasteiger partial charge in [-0.1, -0.05) is 35.9 Å². The van der Waals surface area contributed by atoms with Gasteiger partial charge in [0.15, 0.2) is 6.10 Å². The molecule has 0 spiro atoms. The van der Waals surface area contributed by atoms with E-state index in [9.17, 15) is 4.79 Å². The van der Waals surface area contributed by atoms with E-state index in [1.165, 1.54) is 12.5 Å². The minimum atomic E-state index is -0.382. The molecule has 1 aliphatic rings. The molecule has 2 aromatic rings. The molecule has 0 bridgehead atoms. The average Bonchev–Trinajstić information content (AvgIpc) is 2.57. The number of carbonyl (C=O) groups is 1. The number of thioether (sulfide) groups is 1. The van der Waals surface area contributed by atoms with Gasteiger partial charge in [-0.05, 0) is 23.8 Å². The van der Waals surface area contributed by atoms with Crippen LogP contribution in [0.25, 0.3) is 0 Å². The lowest BCUT2D eigenvalue weighted by molar-refractivity contribution is -0.144. The van der Waals surface area contributed by atoms with Gasteiger partial charge in [0.25, 0.3) is 0 Å². The number of ether oxygens (including phenoxy) is 1. The van der Waals surface area contributed by atoms with Crippen molar-refractivity contribution >= 4 is 29.3 Å². The van der Waals surface area contributed by atoms with Crippen LogP contribution in [0, 0.1) is 0 Å². The van der Waals surface area contributed by atoms with Crippen molar-refractivity contribution in [3.8, 4) is 0 Å². The molecule has 0 saturated heterocycles. The van der Waals surface area contributed by atoms with Crippen molar-refractivity contribution in [1.82, 2.24) is 0 Å². The molecule has 1 unspecified atom stereocenters. The van der Waals surface area contributed by atoms with Crippen LogP contribution in [0.15, 0.2) is 47.4 Å². The van der Waals surface area contributed by atoms with Gasteiger partial charge >= 0.3 is 5.97 Å². The predicted octanol–water partition coefficient (Wildman–Crippen LogP) is 4.60. The van der Waals surface area contributed by atoms with Gasteiger partial charge in [0.1, 0.15) is 0 Å². The van der Waals surface area contributed by atoms with E-state index >= 15 is 0 Å². The normalized spacial score (nSPS) is 16.8. The fraction of sp³-hybridized carbons (Fsp3) is 0.188. The number of fused-ring (bicyclic) bond motifs is 2. The summed E-state index contributed by atoms with van der Waals surface area (Å²) in [4.78, 5) is 12.6. The minimum Gasteiger partial charge on any atom is -0.453 e. The summed E-state index contributed by atoms with van der Waals surface area (Å²) in [6.45, 7) is 1.44. The maximum atomic E-state index is 11.5. The molecule has 1 aliphatic heterocycles. The first-order valence-electron chi connectivity index (χ1n) is 6.32. The van der Waals surface area contributed by atoms with E-state index < -0.39 is 0 Å². The highest BCUT2D eigenvalue weighted by molar-refractivity contribution is 7.98. The van der Waals surface area contributed by atoms with Crippen molar-refractivity contribution in [3.63, 3.8) is 0 Å². The average molecular weight is 305 g/mol. The van der Waals surface area contributed by atoms with Gasteiger partial charge < -0.3 is 4.74 Å². The second kappa shape index (κ2) is 5.51. The van der Waals surface area contributed by atoms with Crippen molar-refractivity contribution in [3.05, 3.63) is 64.2 Å². The molecule has 0 N–H and O–H groups in total. The summed E-state index contributed by atoms with van der Waals surface area (Å²) >= 11 is 7.85. The maximum absolute atomic E-state index is 11.5. The Labute approximate surface area is 127 Å². The number of halogens is 1. The number of carbonyl (C=O) groups excluding carboxylic acids is 1. The number of hydrogen-bond acceptors (Lipinski definition) is 3. The summed E-state index contributed by atoms with van der Waals surface area (Å²) in [6, 6.07) is 13.8. The van der Waals surface area contributed by atoms with Gasteiger partial charge in [-0.15, -0.1) is 11.8 Å². The van der Waals surface area contributed by atoms with Crippen LogP contribution in [-0.2, 0) is 15.3 Å². The van der Waals surface area contributed by atoms with Gasteiger partial charge in [-0.25, -0.2) is 0 Å². The summed E-state index contributed by atoms with van der Waals surface area (Å²) in [7, 11) is 0. The smallest absolute Gasteiger partial charge is 0.303 e. The lowest BCUT2D eigenvalue weighted by atomic mass is 9.97. The Morgan fingerprint density at radius 2 is 2.05 bits per heavy atom. The minimum absolute atomic E-state index is 0.289. The van der Waals surface area contributed by atoms with E-state index in [4.69, 9.17) is 16.3 Å². The van der Waals surface area contributed by atoms with Crippen LogP contribution in [0.5, 0.6) is 0 Å². The van der Waals surface area contributed by atoms with Crippen LogP contribution >= 0.6 is 23.4 Å². The molecule has 0 saturated carbocycles. The number of benzene rings is 2. The van der Waals surface area contributed by atoms with Crippen LogP contribution in [0.4, 0.5) is 0 Å². The largest absolute Gasteiger partial charge is 0.453 e. The third-order valence-electron chi connectivity index (χ3n) is 3.26.